The van der Waals surface area contributed by atoms with Gasteiger partial charge in [0.05, 0.1) is 11.8 Å². The van der Waals surface area contributed by atoms with E-state index in [4.69, 9.17) is 5.73 Å². The van der Waals surface area contributed by atoms with E-state index in [2.05, 4.69) is 5.32 Å². The van der Waals surface area contributed by atoms with Gasteiger partial charge in [-0.05, 0) is 32.1 Å². The molecule has 6 heteroatoms. The molecule has 0 aromatic heterocycles. The van der Waals surface area contributed by atoms with Crippen LogP contribution in [0.25, 0.3) is 0 Å². The molecule has 2 atom stereocenters. The number of nitrogens with one attached hydrogen (secondary N) is 1. The molecule has 0 aromatic rings. The summed E-state index contributed by atoms with van der Waals surface area (Å²) in [5.41, 5.74) is 5.67. The van der Waals surface area contributed by atoms with Crippen molar-refractivity contribution < 1.29 is 18.0 Å². The van der Waals surface area contributed by atoms with Gasteiger partial charge in [0.15, 0.2) is 0 Å². The fraction of sp³-hybridized carbons (Fsp3) is 0.769. The average Bonchev–Trinajstić information content (AvgIpc) is 2.75. The number of carbonyl (C=O) groups excluding carboxylic acids is 1. The van der Waals surface area contributed by atoms with Crippen LogP contribution >= 0.6 is 0 Å². The summed E-state index contributed by atoms with van der Waals surface area (Å²) in [4.78, 5) is 11.9. The van der Waals surface area contributed by atoms with Crippen LogP contribution in [0.15, 0.2) is 12.2 Å². The van der Waals surface area contributed by atoms with Crippen molar-refractivity contribution in [3.63, 3.8) is 0 Å². The molecule has 1 amide bonds. The van der Waals surface area contributed by atoms with Crippen molar-refractivity contribution in [2.45, 2.75) is 50.4 Å². The Balaban J connectivity index is 1.77. The topological polar surface area (TPSA) is 55.1 Å². The van der Waals surface area contributed by atoms with Crippen LogP contribution in [0, 0.1) is 11.8 Å². The standard InChI is InChI=1S/C13H19F3N2O/c14-13(15,16)9-2-5-11(6-3-9)18-12(19)8-1-4-10(17)7-8/h1,4,8-11H,2-3,5-7,17H2,(H,18,19). The lowest BCUT2D eigenvalue weighted by Gasteiger charge is -2.30. The molecule has 2 aliphatic rings. The van der Waals surface area contributed by atoms with E-state index < -0.39 is 12.1 Å². The second-order valence-corrected chi connectivity index (χ2v) is 5.49. The summed E-state index contributed by atoms with van der Waals surface area (Å²) >= 11 is 0. The van der Waals surface area contributed by atoms with Gasteiger partial charge in [-0.2, -0.15) is 13.2 Å². The van der Waals surface area contributed by atoms with Crippen molar-refractivity contribution in [1.82, 2.24) is 5.32 Å². The molecule has 0 radical (unpaired) electrons. The van der Waals surface area contributed by atoms with Gasteiger partial charge in [0, 0.05) is 12.1 Å². The first kappa shape index (κ1) is 14.4. The Labute approximate surface area is 110 Å². The second kappa shape index (κ2) is 5.53. The largest absolute Gasteiger partial charge is 0.391 e. The normalized spacial score (nSPS) is 35.4. The summed E-state index contributed by atoms with van der Waals surface area (Å²) in [5, 5.41) is 2.84. The van der Waals surface area contributed by atoms with E-state index in [9.17, 15) is 18.0 Å². The lowest BCUT2D eigenvalue weighted by atomic mass is 9.85. The van der Waals surface area contributed by atoms with E-state index in [0.717, 1.165) is 0 Å². The van der Waals surface area contributed by atoms with Gasteiger partial charge < -0.3 is 11.1 Å². The molecule has 108 valence electrons. The van der Waals surface area contributed by atoms with Gasteiger partial charge in [-0.25, -0.2) is 0 Å². The highest BCUT2D eigenvalue weighted by atomic mass is 19.4. The first-order chi connectivity index (χ1) is 8.86. The quantitative estimate of drug-likeness (QED) is 0.759. The molecule has 19 heavy (non-hydrogen) atoms. The highest BCUT2D eigenvalue weighted by molar-refractivity contribution is 5.81. The van der Waals surface area contributed by atoms with Crippen LogP contribution in [-0.2, 0) is 4.79 Å². The minimum absolute atomic E-state index is 0.0864. The number of halogens is 3. The second-order valence-electron chi connectivity index (χ2n) is 5.49. The van der Waals surface area contributed by atoms with Crippen molar-refractivity contribution in [3.05, 3.63) is 12.2 Å². The molecule has 1 fully saturated rings. The summed E-state index contributed by atoms with van der Waals surface area (Å²) in [5.74, 6) is -1.55. The van der Waals surface area contributed by atoms with Gasteiger partial charge in [0.1, 0.15) is 0 Å². The molecule has 2 aliphatic carbocycles. The SMILES string of the molecule is NC1C=CC(C(=O)NC2CCC(C(F)(F)F)CC2)C1. The third kappa shape index (κ3) is 3.72. The number of hydrogen-bond acceptors (Lipinski definition) is 2. The monoisotopic (exact) mass is 276 g/mol. The van der Waals surface area contributed by atoms with Crippen LogP contribution in [0.4, 0.5) is 13.2 Å². The smallest absolute Gasteiger partial charge is 0.353 e. The summed E-state index contributed by atoms with van der Waals surface area (Å²) in [6.07, 6.45) is 1.07. The molecular formula is C13H19F3N2O. The summed E-state index contributed by atoms with van der Waals surface area (Å²) < 4.78 is 37.5. The first-order valence-electron chi connectivity index (χ1n) is 6.67. The molecule has 0 spiro atoms. The van der Waals surface area contributed by atoms with E-state index >= 15 is 0 Å². The van der Waals surface area contributed by atoms with Gasteiger partial charge in [0.2, 0.25) is 5.91 Å². The summed E-state index contributed by atoms with van der Waals surface area (Å²) in [7, 11) is 0. The Bertz CT molecular complexity index is 359. The predicted octanol–water partition coefficient (Wildman–Crippen LogP) is 2.13. The molecule has 0 aromatic carbocycles. The van der Waals surface area contributed by atoms with Crippen molar-refractivity contribution >= 4 is 5.91 Å². The molecule has 1 saturated carbocycles. The molecule has 0 aliphatic heterocycles. The number of hydrogen-bond donors (Lipinski definition) is 2. The maximum atomic E-state index is 12.5. The summed E-state index contributed by atoms with van der Waals surface area (Å²) in [6.45, 7) is 0. The highest BCUT2D eigenvalue weighted by Gasteiger charge is 2.41. The van der Waals surface area contributed by atoms with Crippen LogP contribution in [0.5, 0.6) is 0 Å². The van der Waals surface area contributed by atoms with E-state index in [1.54, 1.807) is 12.2 Å². The fourth-order valence-corrected chi connectivity index (χ4v) is 2.79. The Morgan fingerprint density at radius 3 is 2.26 bits per heavy atom. The molecular weight excluding hydrogens is 257 g/mol. The van der Waals surface area contributed by atoms with Crippen LogP contribution in [0.3, 0.4) is 0 Å². The van der Waals surface area contributed by atoms with Gasteiger partial charge in [0.25, 0.3) is 0 Å². The maximum Gasteiger partial charge on any atom is 0.391 e. The van der Waals surface area contributed by atoms with Gasteiger partial charge in [-0.15, -0.1) is 0 Å². The minimum atomic E-state index is -4.10. The molecule has 0 bridgehead atoms. The number of carbonyl (C=O) groups is 1. The molecule has 3 nitrogen and oxygen atoms in total. The third-order valence-electron chi connectivity index (χ3n) is 3.99. The van der Waals surface area contributed by atoms with Gasteiger partial charge >= 0.3 is 6.18 Å². The Hall–Kier alpha value is -1.04. The Morgan fingerprint density at radius 2 is 1.79 bits per heavy atom. The maximum absolute atomic E-state index is 12.5. The van der Waals surface area contributed by atoms with Crippen LogP contribution < -0.4 is 11.1 Å². The number of amides is 1. The zero-order valence-electron chi connectivity index (χ0n) is 10.6. The van der Waals surface area contributed by atoms with Crippen molar-refractivity contribution in [2.24, 2.45) is 17.6 Å². The van der Waals surface area contributed by atoms with Crippen molar-refractivity contribution in [1.29, 1.82) is 0 Å². The number of rotatable bonds is 2. The highest BCUT2D eigenvalue weighted by Crippen LogP contribution is 2.37. The Morgan fingerprint density at radius 1 is 1.16 bits per heavy atom. The van der Waals surface area contributed by atoms with Crippen LogP contribution in [-0.4, -0.2) is 24.2 Å². The van der Waals surface area contributed by atoms with Crippen molar-refractivity contribution in [3.8, 4) is 0 Å². The van der Waals surface area contributed by atoms with E-state index in [1.807, 2.05) is 0 Å². The van der Waals surface area contributed by atoms with Crippen LogP contribution in [0.1, 0.15) is 32.1 Å². The Kier molecular flexibility index (Phi) is 4.18. The molecule has 0 heterocycles. The average molecular weight is 276 g/mol. The molecule has 0 saturated heterocycles. The zero-order chi connectivity index (χ0) is 14.0. The molecule has 2 unspecified atom stereocenters. The van der Waals surface area contributed by atoms with E-state index in [-0.39, 0.29) is 36.8 Å². The third-order valence-corrected chi connectivity index (χ3v) is 3.99. The predicted molar refractivity (Wildman–Crippen MR) is 65.2 cm³/mol. The molecule has 3 N–H and O–H groups in total. The number of nitrogens with two attached hydrogens (primary N) is 1. The first-order valence-corrected chi connectivity index (χ1v) is 6.67. The van der Waals surface area contributed by atoms with Gasteiger partial charge in [-0.3, -0.25) is 4.79 Å². The lowest BCUT2D eigenvalue weighted by molar-refractivity contribution is -0.182. The van der Waals surface area contributed by atoms with E-state index in [0.29, 0.717) is 19.3 Å². The fourth-order valence-electron chi connectivity index (χ4n) is 2.79. The van der Waals surface area contributed by atoms with E-state index in [1.165, 1.54) is 0 Å². The van der Waals surface area contributed by atoms with Gasteiger partial charge in [-0.1, -0.05) is 12.2 Å². The minimum Gasteiger partial charge on any atom is -0.353 e. The lowest BCUT2D eigenvalue weighted by Crippen LogP contribution is -2.42. The molecule has 2 rings (SSSR count). The zero-order valence-corrected chi connectivity index (χ0v) is 10.6. The van der Waals surface area contributed by atoms with Crippen LogP contribution in [0.2, 0.25) is 0 Å². The number of alkyl halides is 3. The van der Waals surface area contributed by atoms with Crippen molar-refractivity contribution in [2.75, 3.05) is 0 Å². The summed E-state index contributed by atoms with van der Waals surface area (Å²) in [6, 6.07) is -0.215.